The summed E-state index contributed by atoms with van der Waals surface area (Å²) in [4.78, 5) is 23.9. The number of nitrogens with zero attached hydrogens (tertiary/aromatic N) is 1. The van der Waals surface area contributed by atoms with Crippen molar-refractivity contribution in [3.05, 3.63) is 0 Å². The van der Waals surface area contributed by atoms with Crippen molar-refractivity contribution >= 4 is 11.9 Å². The van der Waals surface area contributed by atoms with E-state index in [0.717, 1.165) is 6.42 Å². The summed E-state index contributed by atoms with van der Waals surface area (Å²) >= 11 is 0. The molecule has 1 saturated heterocycles. The van der Waals surface area contributed by atoms with Crippen LogP contribution in [0.3, 0.4) is 0 Å². The van der Waals surface area contributed by atoms with Crippen LogP contribution in [0.4, 0.5) is 0 Å². The van der Waals surface area contributed by atoms with Crippen LogP contribution in [-0.2, 0) is 14.3 Å². The Hall–Kier alpha value is -1.10. The van der Waals surface area contributed by atoms with Crippen molar-refractivity contribution < 1.29 is 19.4 Å². The molecule has 1 heterocycles. The SMILES string of the molecule is CCC(C)CC(=O)N1CC(C)(OCC(=O)O)C1. The van der Waals surface area contributed by atoms with Crippen molar-refractivity contribution in [2.75, 3.05) is 19.7 Å². The Balaban J connectivity index is 2.30. The van der Waals surface area contributed by atoms with Gasteiger partial charge in [-0.3, -0.25) is 4.79 Å². The highest BCUT2D eigenvalue weighted by atomic mass is 16.5. The van der Waals surface area contributed by atoms with E-state index in [-0.39, 0.29) is 12.5 Å². The summed E-state index contributed by atoms with van der Waals surface area (Å²) in [6, 6.07) is 0. The first-order valence-corrected chi connectivity index (χ1v) is 6.00. The van der Waals surface area contributed by atoms with Crippen LogP contribution in [-0.4, -0.2) is 47.2 Å². The van der Waals surface area contributed by atoms with Crippen LogP contribution in [0.25, 0.3) is 0 Å². The molecule has 1 amide bonds. The third kappa shape index (κ3) is 4.00. The number of hydrogen-bond donors (Lipinski definition) is 1. The fourth-order valence-corrected chi connectivity index (χ4v) is 1.84. The molecule has 17 heavy (non-hydrogen) atoms. The number of carboxylic acids is 1. The van der Waals surface area contributed by atoms with E-state index in [1.54, 1.807) is 4.90 Å². The van der Waals surface area contributed by atoms with Crippen LogP contribution in [0, 0.1) is 5.92 Å². The second kappa shape index (κ2) is 5.49. The summed E-state index contributed by atoms with van der Waals surface area (Å²) in [6.07, 6.45) is 1.55. The van der Waals surface area contributed by atoms with Crippen molar-refractivity contribution in [1.29, 1.82) is 0 Å². The lowest BCUT2D eigenvalue weighted by atomic mass is 9.94. The zero-order chi connectivity index (χ0) is 13.1. The minimum Gasteiger partial charge on any atom is -0.480 e. The number of aliphatic carboxylic acids is 1. The van der Waals surface area contributed by atoms with Crippen LogP contribution in [0.1, 0.15) is 33.6 Å². The fourth-order valence-electron chi connectivity index (χ4n) is 1.84. The smallest absolute Gasteiger partial charge is 0.329 e. The van der Waals surface area contributed by atoms with Crippen LogP contribution >= 0.6 is 0 Å². The van der Waals surface area contributed by atoms with E-state index < -0.39 is 11.6 Å². The minimum absolute atomic E-state index is 0.135. The molecular weight excluding hydrogens is 222 g/mol. The van der Waals surface area contributed by atoms with Gasteiger partial charge in [0.25, 0.3) is 0 Å². The molecule has 0 spiro atoms. The van der Waals surface area contributed by atoms with Gasteiger partial charge in [-0.05, 0) is 12.8 Å². The molecule has 1 atom stereocenters. The maximum absolute atomic E-state index is 11.8. The van der Waals surface area contributed by atoms with Gasteiger partial charge < -0.3 is 14.7 Å². The van der Waals surface area contributed by atoms with Crippen molar-refractivity contribution in [2.24, 2.45) is 5.92 Å². The Labute approximate surface area is 102 Å². The molecule has 0 saturated carbocycles. The van der Waals surface area contributed by atoms with E-state index in [9.17, 15) is 9.59 Å². The normalized spacial score (nSPS) is 19.6. The standard InChI is InChI=1S/C12H21NO4/c1-4-9(2)5-10(14)13-7-12(3,8-13)17-6-11(15)16/h9H,4-8H2,1-3H3,(H,15,16). The molecule has 0 aromatic rings. The molecule has 0 radical (unpaired) electrons. The lowest BCUT2D eigenvalue weighted by molar-refractivity contribution is -0.173. The fraction of sp³-hybridized carbons (Fsp3) is 0.833. The zero-order valence-electron chi connectivity index (χ0n) is 10.7. The van der Waals surface area contributed by atoms with Gasteiger partial charge in [0.15, 0.2) is 0 Å². The third-order valence-electron chi connectivity index (χ3n) is 3.17. The number of rotatable bonds is 6. The van der Waals surface area contributed by atoms with Crippen LogP contribution in [0.5, 0.6) is 0 Å². The molecule has 5 heteroatoms. The second-order valence-electron chi connectivity index (χ2n) is 5.10. The van der Waals surface area contributed by atoms with Crippen molar-refractivity contribution in [1.82, 2.24) is 4.90 Å². The van der Waals surface area contributed by atoms with Crippen molar-refractivity contribution in [3.63, 3.8) is 0 Å². The molecule has 1 aliphatic rings. The van der Waals surface area contributed by atoms with Gasteiger partial charge in [0.1, 0.15) is 12.2 Å². The molecule has 0 aromatic heterocycles. The molecule has 0 aliphatic carbocycles. The maximum Gasteiger partial charge on any atom is 0.329 e. The lowest BCUT2D eigenvalue weighted by Crippen LogP contribution is -2.63. The second-order valence-corrected chi connectivity index (χ2v) is 5.10. The topological polar surface area (TPSA) is 66.8 Å². The first-order chi connectivity index (χ1) is 7.86. The van der Waals surface area contributed by atoms with E-state index >= 15 is 0 Å². The van der Waals surface area contributed by atoms with Gasteiger partial charge in [-0.15, -0.1) is 0 Å². The first-order valence-electron chi connectivity index (χ1n) is 6.00. The summed E-state index contributed by atoms with van der Waals surface area (Å²) in [5, 5.41) is 8.52. The van der Waals surface area contributed by atoms with Crippen LogP contribution < -0.4 is 0 Å². The third-order valence-corrected chi connectivity index (χ3v) is 3.17. The van der Waals surface area contributed by atoms with Gasteiger partial charge >= 0.3 is 5.97 Å². The van der Waals surface area contributed by atoms with Gasteiger partial charge in [0.05, 0.1) is 13.1 Å². The molecule has 1 rings (SSSR count). The summed E-state index contributed by atoms with van der Waals surface area (Å²) in [6.45, 7) is 6.64. The maximum atomic E-state index is 11.8. The van der Waals surface area contributed by atoms with Crippen molar-refractivity contribution in [3.8, 4) is 0 Å². The monoisotopic (exact) mass is 243 g/mol. The number of ether oxygens (including phenoxy) is 1. The van der Waals surface area contributed by atoms with E-state index in [1.165, 1.54) is 0 Å². The van der Waals surface area contributed by atoms with Gasteiger partial charge in [-0.1, -0.05) is 20.3 Å². The van der Waals surface area contributed by atoms with Crippen molar-refractivity contribution in [2.45, 2.75) is 39.2 Å². The molecule has 0 bridgehead atoms. The Morgan fingerprint density at radius 2 is 2.06 bits per heavy atom. The molecule has 1 aliphatic heterocycles. The van der Waals surface area contributed by atoms with E-state index in [1.807, 2.05) is 6.92 Å². The molecule has 0 aromatic carbocycles. The Bertz CT molecular complexity index is 297. The summed E-state index contributed by atoms with van der Waals surface area (Å²) < 4.78 is 5.25. The largest absolute Gasteiger partial charge is 0.480 e. The highest BCUT2D eigenvalue weighted by molar-refractivity contribution is 5.77. The number of hydrogen-bond acceptors (Lipinski definition) is 3. The predicted molar refractivity (Wildman–Crippen MR) is 62.6 cm³/mol. The molecule has 1 N–H and O–H groups in total. The summed E-state index contributed by atoms with van der Waals surface area (Å²) in [5.74, 6) is -0.444. The van der Waals surface area contributed by atoms with E-state index in [0.29, 0.717) is 25.4 Å². The average molecular weight is 243 g/mol. The van der Waals surface area contributed by atoms with Gasteiger partial charge in [0, 0.05) is 6.42 Å². The first kappa shape index (κ1) is 14.0. The molecule has 1 fully saturated rings. The Morgan fingerprint density at radius 1 is 1.47 bits per heavy atom. The highest BCUT2D eigenvalue weighted by Gasteiger charge is 2.42. The number of carbonyl (C=O) groups excluding carboxylic acids is 1. The van der Waals surface area contributed by atoms with Crippen LogP contribution in [0.2, 0.25) is 0 Å². The molecule has 1 unspecified atom stereocenters. The number of carboxylic acid groups (broad SMARTS) is 1. The Kier molecular flexibility index (Phi) is 4.51. The molecule has 98 valence electrons. The quantitative estimate of drug-likeness (QED) is 0.759. The lowest BCUT2D eigenvalue weighted by Gasteiger charge is -2.47. The zero-order valence-corrected chi connectivity index (χ0v) is 10.7. The average Bonchev–Trinajstić information content (AvgIpc) is 2.22. The highest BCUT2D eigenvalue weighted by Crippen LogP contribution is 2.26. The van der Waals surface area contributed by atoms with Gasteiger partial charge in [-0.2, -0.15) is 0 Å². The minimum atomic E-state index is -0.976. The Morgan fingerprint density at radius 3 is 2.53 bits per heavy atom. The van der Waals surface area contributed by atoms with Gasteiger partial charge in [0.2, 0.25) is 5.91 Å². The predicted octanol–water partition coefficient (Wildman–Crippen LogP) is 1.12. The van der Waals surface area contributed by atoms with E-state index in [4.69, 9.17) is 9.84 Å². The van der Waals surface area contributed by atoms with Gasteiger partial charge in [-0.25, -0.2) is 4.79 Å². The summed E-state index contributed by atoms with van der Waals surface area (Å²) in [5.41, 5.74) is -0.483. The number of carbonyl (C=O) groups is 2. The van der Waals surface area contributed by atoms with Crippen LogP contribution in [0.15, 0.2) is 0 Å². The molecule has 5 nitrogen and oxygen atoms in total. The number of likely N-dealkylation sites (tertiary alicyclic amines) is 1. The molecular formula is C12H21NO4. The van der Waals surface area contributed by atoms with E-state index in [2.05, 4.69) is 13.8 Å². The summed E-state index contributed by atoms with van der Waals surface area (Å²) in [7, 11) is 0. The number of amides is 1.